The topological polar surface area (TPSA) is 90.2 Å². The lowest BCUT2D eigenvalue weighted by atomic mass is 10.1. The molecule has 0 aromatic carbocycles. The smallest absolute Gasteiger partial charge is 0.103 e. The zero-order valence-electron chi connectivity index (χ0n) is 5.47. The number of hydrogen-bond acceptors (Lipinski definition) is 5. The molecule has 5 nitrogen and oxygen atoms in total. The zero-order valence-corrected chi connectivity index (χ0v) is 5.47. The molecular weight excluding hydrogens is 140 g/mol. The van der Waals surface area contributed by atoms with Crippen LogP contribution in [-0.4, -0.2) is 46.0 Å². The molecule has 2 unspecified atom stereocenters. The molecule has 0 aromatic heterocycles. The third-order valence-electron chi connectivity index (χ3n) is 1.14. The summed E-state index contributed by atoms with van der Waals surface area (Å²) < 4.78 is 0. The average molecular weight is 152 g/mol. The molecule has 0 rings (SSSR count). The van der Waals surface area contributed by atoms with Crippen molar-refractivity contribution in [1.29, 1.82) is 0 Å². The fourth-order valence-corrected chi connectivity index (χ4v) is 0.488. The molecule has 62 valence electrons. The van der Waals surface area contributed by atoms with E-state index in [1.165, 1.54) is 0 Å². The molecule has 0 spiro atoms. The van der Waals surface area contributed by atoms with Crippen LogP contribution in [0.3, 0.4) is 0 Å². The van der Waals surface area contributed by atoms with Gasteiger partial charge in [0.2, 0.25) is 0 Å². The summed E-state index contributed by atoms with van der Waals surface area (Å²) in [7, 11) is 0. The summed E-state index contributed by atoms with van der Waals surface area (Å²) in [5.41, 5.74) is 0. The van der Waals surface area contributed by atoms with Gasteiger partial charge in [-0.1, -0.05) is 0 Å². The fourth-order valence-electron chi connectivity index (χ4n) is 0.488. The quantitative estimate of drug-likeness (QED) is 0.287. The lowest BCUT2D eigenvalue weighted by Gasteiger charge is -2.13. The normalized spacial score (nSPS) is 16.8. The van der Waals surface area contributed by atoms with Crippen molar-refractivity contribution in [3.05, 3.63) is 0 Å². The van der Waals surface area contributed by atoms with Gasteiger partial charge in [0.1, 0.15) is 6.10 Å². The summed E-state index contributed by atoms with van der Waals surface area (Å²) >= 11 is 0. The Morgan fingerprint density at radius 1 is 1.20 bits per heavy atom. The minimum atomic E-state index is -1.16. The molecule has 0 radical (unpaired) electrons. The molecular formula is C5H12O5. The summed E-state index contributed by atoms with van der Waals surface area (Å²) in [4.78, 5) is 3.65. The molecule has 0 aliphatic heterocycles. The van der Waals surface area contributed by atoms with E-state index < -0.39 is 18.8 Å². The van der Waals surface area contributed by atoms with E-state index in [0.717, 1.165) is 0 Å². The van der Waals surface area contributed by atoms with E-state index in [1.54, 1.807) is 0 Å². The maximum absolute atomic E-state index is 8.85. The molecule has 0 fully saturated rings. The highest BCUT2D eigenvalue weighted by atomic mass is 17.1. The molecule has 10 heavy (non-hydrogen) atoms. The first kappa shape index (κ1) is 9.80. The first-order chi connectivity index (χ1) is 4.72. The molecule has 0 aliphatic carbocycles. The molecule has 0 saturated carbocycles. The third-order valence-corrected chi connectivity index (χ3v) is 1.14. The lowest BCUT2D eigenvalue weighted by Crippen LogP contribution is -2.30. The highest BCUT2D eigenvalue weighted by Gasteiger charge is 2.13. The Bertz CT molecular complexity index is 76.4. The second kappa shape index (κ2) is 5.57. The van der Waals surface area contributed by atoms with Gasteiger partial charge in [-0.2, -0.15) is 0 Å². The Morgan fingerprint density at radius 3 is 2.20 bits per heavy atom. The van der Waals surface area contributed by atoms with E-state index in [2.05, 4.69) is 4.89 Å². The molecule has 4 N–H and O–H groups in total. The molecule has 0 heterocycles. The van der Waals surface area contributed by atoms with Gasteiger partial charge < -0.3 is 15.3 Å². The number of hydrogen-bond donors (Lipinski definition) is 4. The molecule has 2 atom stereocenters. The zero-order chi connectivity index (χ0) is 7.98. The monoisotopic (exact) mass is 152 g/mol. The number of aliphatic hydroxyl groups excluding tert-OH is 3. The largest absolute Gasteiger partial charge is 0.394 e. The van der Waals surface area contributed by atoms with Gasteiger partial charge in [-0.3, -0.25) is 5.26 Å². The minimum absolute atomic E-state index is 0.0573. The van der Waals surface area contributed by atoms with E-state index in [9.17, 15) is 0 Å². The van der Waals surface area contributed by atoms with Crippen molar-refractivity contribution >= 4 is 0 Å². The fraction of sp³-hybridized carbons (Fsp3) is 1.00. The van der Waals surface area contributed by atoms with Crippen molar-refractivity contribution < 1.29 is 25.5 Å². The molecule has 0 aromatic rings. The van der Waals surface area contributed by atoms with Gasteiger partial charge in [0.15, 0.2) is 0 Å². The van der Waals surface area contributed by atoms with Gasteiger partial charge in [-0.15, -0.1) is 0 Å². The minimum Gasteiger partial charge on any atom is -0.394 e. The summed E-state index contributed by atoms with van der Waals surface area (Å²) in [5, 5.41) is 33.7. The van der Waals surface area contributed by atoms with Crippen LogP contribution in [0, 0.1) is 0 Å². The summed E-state index contributed by atoms with van der Waals surface area (Å²) in [5.74, 6) is 0. The van der Waals surface area contributed by atoms with Crippen LogP contribution >= 0.6 is 0 Å². The van der Waals surface area contributed by atoms with Crippen LogP contribution in [0.5, 0.6) is 0 Å². The summed E-state index contributed by atoms with van der Waals surface area (Å²) in [6.45, 7) is -0.551. The van der Waals surface area contributed by atoms with Gasteiger partial charge in [-0.05, 0) is 0 Å². The van der Waals surface area contributed by atoms with Crippen molar-refractivity contribution in [1.82, 2.24) is 0 Å². The van der Waals surface area contributed by atoms with Crippen LogP contribution in [-0.2, 0) is 4.89 Å². The first-order valence-electron chi connectivity index (χ1n) is 2.95. The predicted molar refractivity (Wildman–Crippen MR) is 32.3 cm³/mol. The van der Waals surface area contributed by atoms with E-state index in [1.807, 2.05) is 0 Å². The second-order valence-electron chi connectivity index (χ2n) is 1.94. The molecule has 0 amide bonds. The van der Waals surface area contributed by atoms with Gasteiger partial charge >= 0.3 is 0 Å². The van der Waals surface area contributed by atoms with Gasteiger partial charge in [-0.25, -0.2) is 4.89 Å². The van der Waals surface area contributed by atoms with E-state index in [-0.39, 0.29) is 13.0 Å². The Hall–Kier alpha value is -0.200. The Kier molecular flexibility index (Phi) is 5.46. The average Bonchev–Trinajstić information content (AvgIpc) is 1.98. The molecule has 0 aliphatic rings. The standard InChI is InChI=1S/C5H12O5/c6-3-5(8)4(7)1-2-10-9/h4-9H,1-3H2. The van der Waals surface area contributed by atoms with Crippen molar-refractivity contribution in [3.8, 4) is 0 Å². The van der Waals surface area contributed by atoms with Crippen LogP contribution in [0.4, 0.5) is 0 Å². The Labute approximate surface area is 58.4 Å². The number of aliphatic hydroxyl groups is 3. The van der Waals surface area contributed by atoms with E-state index >= 15 is 0 Å². The SMILES string of the molecule is OCC(O)C(O)CCOO. The van der Waals surface area contributed by atoms with E-state index in [0.29, 0.717) is 0 Å². The maximum atomic E-state index is 8.85. The maximum Gasteiger partial charge on any atom is 0.103 e. The molecule has 5 heteroatoms. The number of rotatable bonds is 5. The van der Waals surface area contributed by atoms with Crippen LogP contribution in [0.25, 0.3) is 0 Å². The van der Waals surface area contributed by atoms with E-state index in [4.69, 9.17) is 20.6 Å². The Balaban J connectivity index is 3.31. The van der Waals surface area contributed by atoms with Crippen LogP contribution in [0.15, 0.2) is 0 Å². The van der Waals surface area contributed by atoms with Crippen LogP contribution in [0.2, 0.25) is 0 Å². The highest BCUT2D eigenvalue weighted by molar-refractivity contribution is 4.64. The van der Waals surface area contributed by atoms with Gasteiger partial charge in [0.05, 0.1) is 19.3 Å². The summed E-state index contributed by atoms with van der Waals surface area (Å²) in [6, 6.07) is 0. The van der Waals surface area contributed by atoms with Crippen LogP contribution in [0.1, 0.15) is 6.42 Å². The van der Waals surface area contributed by atoms with Gasteiger partial charge in [0, 0.05) is 6.42 Å². The highest BCUT2D eigenvalue weighted by Crippen LogP contribution is 1.97. The van der Waals surface area contributed by atoms with Crippen molar-refractivity contribution in [2.45, 2.75) is 18.6 Å². The Morgan fingerprint density at radius 2 is 1.80 bits per heavy atom. The third kappa shape index (κ3) is 3.76. The van der Waals surface area contributed by atoms with Gasteiger partial charge in [0.25, 0.3) is 0 Å². The van der Waals surface area contributed by atoms with Crippen LogP contribution < -0.4 is 0 Å². The van der Waals surface area contributed by atoms with Crippen molar-refractivity contribution in [2.24, 2.45) is 0 Å². The molecule has 0 saturated heterocycles. The summed E-state index contributed by atoms with van der Waals surface area (Å²) in [6.07, 6.45) is -2.11. The predicted octanol–water partition coefficient (Wildman–Crippen LogP) is -1.42. The second-order valence-corrected chi connectivity index (χ2v) is 1.94. The van der Waals surface area contributed by atoms with Crippen molar-refractivity contribution in [3.63, 3.8) is 0 Å². The lowest BCUT2D eigenvalue weighted by molar-refractivity contribution is -0.247. The first-order valence-corrected chi connectivity index (χ1v) is 2.95. The van der Waals surface area contributed by atoms with Crippen molar-refractivity contribution in [2.75, 3.05) is 13.2 Å². The molecule has 0 bridgehead atoms.